The van der Waals surface area contributed by atoms with Crippen LogP contribution >= 0.6 is 0 Å². The van der Waals surface area contributed by atoms with Gasteiger partial charge in [0.15, 0.2) is 5.65 Å². The van der Waals surface area contributed by atoms with Gasteiger partial charge < -0.3 is 11.1 Å². The number of fused-ring (bicyclic) bond motifs is 1. The Balaban J connectivity index is 1.72. The van der Waals surface area contributed by atoms with Crippen molar-refractivity contribution in [1.82, 2.24) is 25.1 Å². The molecular weight excluding hydrogens is 302 g/mol. The first-order chi connectivity index (χ1) is 11.6. The third-order valence-electron chi connectivity index (χ3n) is 4.65. The number of nitrogens with two attached hydrogens (primary N) is 1. The summed E-state index contributed by atoms with van der Waals surface area (Å²) < 4.78 is 0. The van der Waals surface area contributed by atoms with Crippen LogP contribution in [0.1, 0.15) is 30.5 Å². The molecule has 7 heteroatoms. The van der Waals surface area contributed by atoms with Crippen molar-refractivity contribution in [2.45, 2.75) is 45.2 Å². The van der Waals surface area contributed by atoms with E-state index in [0.717, 1.165) is 47.3 Å². The molecule has 124 valence electrons. The van der Waals surface area contributed by atoms with Gasteiger partial charge in [0.05, 0.1) is 11.4 Å². The molecule has 3 heterocycles. The summed E-state index contributed by atoms with van der Waals surface area (Å²) in [5.74, 6) is 0.612. The van der Waals surface area contributed by atoms with Gasteiger partial charge in [0.25, 0.3) is 0 Å². The zero-order chi connectivity index (χ0) is 16.7. The fourth-order valence-corrected chi connectivity index (χ4v) is 3.27. The largest absolute Gasteiger partial charge is 0.350 e. The fraction of sp³-hybridized carbons (Fsp3) is 0.412. The molecule has 4 rings (SSSR count). The lowest BCUT2D eigenvalue weighted by Crippen LogP contribution is -2.35. The second-order valence-electron chi connectivity index (χ2n) is 6.49. The number of rotatable bonds is 3. The molecule has 0 spiro atoms. The Morgan fingerprint density at radius 3 is 2.88 bits per heavy atom. The van der Waals surface area contributed by atoms with Crippen LogP contribution < -0.4 is 11.1 Å². The van der Waals surface area contributed by atoms with Gasteiger partial charge >= 0.3 is 0 Å². The van der Waals surface area contributed by atoms with Crippen LogP contribution in [-0.2, 0) is 0 Å². The smallest absolute Gasteiger partial charge is 0.223 e. The highest BCUT2D eigenvalue weighted by atomic mass is 15.2. The van der Waals surface area contributed by atoms with Gasteiger partial charge in [0, 0.05) is 29.4 Å². The molecule has 1 aliphatic rings. The van der Waals surface area contributed by atoms with E-state index < -0.39 is 0 Å². The lowest BCUT2D eigenvalue weighted by atomic mass is 10.1. The van der Waals surface area contributed by atoms with Gasteiger partial charge in [-0.2, -0.15) is 5.10 Å². The maximum Gasteiger partial charge on any atom is 0.223 e. The zero-order valence-corrected chi connectivity index (χ0v) is 13.9. The van der Waals surface area contributed by atoms with E-state index in [4.69, 9.17) is 10.7 Å². The maximum atomic E-state index is 6.14. The monoisotopic (exact) mass is 323 g/mol. The van der Waals surface area contributed by atoms with Crippen molar-refractivity contribution in [3.8, 4) is 11.4 Å². The fourth-order valence-electron chi connectivity index (χ4n) is 3.27. The minimum Gasteiger partial charge on any atom is -0.350 e. The lowest BCUT2D eigenvalue weighted by molar-refractivity contribution is 0.633. The molecule has 3 aromatic rings. The predicted molar refractivity (Wildman–Crippen MR) is 93.6 cm³/mol. The van der Waals surface area contributed by atoms with Crippen molar-refractivity contribution in [1.29, 1.82) is 0 Å². The van der Waals surface area contributed by atoms with Crippen LogP contribution in [0.15, 0.2) is 18.3 Å². The molecule has 0 amide bonds. The molecule has 1 aliphatic carbocycles. The number of aryl methyl sites for hydroxylation is 2. The Morgan fingerprint density at radius 2 is 2.08 bits per heavy atom. The quantitative estimate of drug-likeness (QED) is 0.683. The molecule has 1 saturated carbocycles. The molecule has 7 nitrogen and oxygen atoms in total. The summed E-state index contributed by atoms with van der Waals surface area (Å²) in [5, 5.41) is 11.7. The van der Waals surface area contributed by atoms with Crippen molar-refractivity contribution in [3.05, 3.63) is 29.6 Å². The van der Waals surface area contributed by atoms with E-state index in [9.17, 15) is 0 Å². The van der Waals surface area contributed by atoms with Gasteiger partial charge in [-0.1, -0.05) is 0 Å². The molecule has 0 bridgehead atoms. The number of anilines is 1. The van der Waals surface area contributed by atoms with Crippen LogP contribution in [0.25, 0.3) is 22.4 Å². The second kappa shape index (κ2) is 5.83. The average Bonchev–Trinajstić information content (AvgIpc) is 3.15. The molecule has 0 aromatic carbocycles. The highest BCUT2D eigenvalue weighted by Gasteiger charge is 2.24. The summed E-state index contributed by atoms with van der Waals surface area (Å²) >= 11 is 0. The number of pyridine rings is 1. The number of hydrogen-bond donors (Lipinski definition) is 3. The molecule has 0 aliphatic heterocycles. The number of aromatic nitrogens is 5. The average molecular weight is 323 g/mol. The van der Waals surface area contributed by atoms with Gasteiger partial charge in [0.2, 0.25) is 5.95 Å². The zero-order valence-electron chi connectivity index (χ0n) is 13.9. The molecule has 0 saturated heterocycles. The third-order valence-corrected chi connectivity index (χ3v) is 4.65. The van der Waals surface area contributed by atoms with E-state index in [1.807, 2.05) is 32.2 Å². The highest BCUT2D eigenvalue weighted by molar-refractivity contribution is 5.90. The van der Waals surface area contributed by atoms with Crippen LogP contribution in [0.4, 0.5) is 5.95 Å². The van der Waals surface area contributed by atoms with Crippen LogP contribution in [-0.4, -0.2) is 37.2 Å². The van der Waals surface area contributed by atoms with Crippen LogP contribution in [0.2, 0.25) is 0 Å². The summed E-state index contributed by atoms with van der Waals surface area (Å²) in [4.78, 5) is 13.6. The number of aromatic amines is 1. The molecular formula is C17H21N7. The molecule has 2 atom stereocenters. The van der Waals surface area contributed by atoms with Gasteiger partial charge in [-0.25, -0.2) is 15.0 Å². The van der Waals surface area contributed by atoms with Crippen molar-refractivity contribution in [2.24, 2.45) is 5.73 Å². The van der Waals surface area contributed by atoms with E-state index in [1.54, 1.807) is 0 Å². The third kappa shape index (κ3) is 2.60. The molecule has 4 N–H and O–H groups in total. The Bertz CT molecular complexity index is 886. The van der Waals surface area contributed by atoms with Crippen LogP contribution in [0.3, 0.4) is 0 Å². The van der Waals surface area contributed by atoms with Crippen molar-refractivity contribution in [2.75, 3.05) is 5.32 Å². The first-order valence-corrected chi connectivity index (χ1v) is 8.29. The molecule has 24 heavy (non-hydrogen) atoms. The summed E-state index contributed by atoms with van der Waals surface area (Å²) in [5.41, 5.74) is 10.5. The van der Waals surface area contributed by atoms with E-state index in [2.05, 4.69) is 25.5 Å². The normalized spacial score (nSPS) is 20.6. The highest BCUT2D eigenvalue weighted by Crippen LogP contribution is 2.28. The summed E-state index contributed by atoms with van der Waals surface area (Å²) in [6.45, 7) is 3.95. The number of hydrogen-bond acceptors (Lipinski definition) is 6. The van der Waals surface area contributed by atoms with Gasteiger partial charge in [-0.3, -0.25) is 5.10 Å². The number of nitrogens with one attached hydrogen (secondary N) is 2. The SMILES string of the molecule is Cc1ccc2c(-c3nc(N[C@H]4CCC[C@@H]4N)ncc3C)[nH]nc2n1. The van der Waals surface area contributed by atoms with Gasteiger partial charge in [0.1, 0.15) is 0 Å². The molecule has 1 fully saturated rings. The Hall–Kier alpha value is -2.54. The van der Waals surface area contributed by atoms with E-state index in [-0.39, 0.29) is 12.1 Å². The van der Waals surface area contributed by atoms with Gasteiger partial charge in [-0.15, -0.1) is 0 Å². The summed E-state index contributed by atoms with van der Waals surface area (Å²) in [6.07, 6.45) is 5.09. The Morgan fingerprint density at radius 1 is 1.21 bits per heavy atom. The Kier molecular flexibility index (Phi) is 3.65. The second-order valence-corrected chi connectivity index (χ2v) is 6.49. The predicted octanol–water partition coefficient (Wildman–Crippen LogP) is 2.32. The standard InChI is InChI=1S/C17H21N7/c1-9-8-19-17(21-13-5-3-4-12(13)18)22-14(9)15-11-7-6-10(2)20-16(11)24-23-15/h6-8,12-13H,3-5,18H2,1-2H3,(H,19,21,22)(H,20,23,24)/t12-,13-/m0/s1. The summed E-state index contributed by atoms with van der Waals surface area (Å²) in [7, 11) is 0. The lowest BCUT2D eigenvalue weighted by Gasteiger charge is -2.17. The Labute approximate surface area is 140 Å². The van der Waals surface area contributed by atoms with E-state index in [1.165, 1.54) is 0 Å². The first-order valence-electron chi connectivity index (χ1n) is 8.29. The minimum absolute atomic E-state index is 0.165. The first kappa shape index (κ1) is 15.0. The van der Waals surface area contributed by atoms with Crippen LogP contribution in [0.5, 0.6) is 0 Å². The van der Waals surface area contributed by atoms with Gasteiger partial charge in [-0.05, 0) is 50.8 Å². The minimum atomic E-state index is 0.165. The van der Waals surface area contributed by atoms with Crippen LogP contribution in [0, 0.1) is 13.8 Å². The van der Waals surface area contributed by atoms with E-state index >= 15 is 0 Å². The van der Waals surface area contributed by atoms with Crippen molar-refractivity contribution >= 4 is 17.0 Å². The van der Waals surface area contributed by atoms with Crippen molar-refractivity contribution in [3.63, 3.8) is 0 Å². The number of H-pyrrole nitrogens is 1. The maximum absolute atomic E-state index is 6.14. The number of nitrogens with zero attached hydrogens (tertiary/aromatic N) is 4. The molecule has 3 aromatic heterocycles. The summed E-state index contributed by atoms with van der Waals surface area (Å²) in [6, 6.07) is 4.41. The topological polar surface area (TPSA) is 105 Å². The van der Waals surface area contributed by atoms with Crippen molar-refractivity contribution < 1.29 is 0 Å². The molecule has 0 radical (unpaired) electrons. The molecule has 0 unspecified atom stereocenters. The van der Waals surface area contributed by atoms with E-state index in [0.29, 0.717) is 11.6 Å².